The highest BCUT2D eigenvalue weighted by Gasteiger charge is 2.22. The molecule has 1 aliphatic rings. The normalized spacial score (nSPS) is 19.3. The van der Waals surface area contributed by atoms with Crippen LogP contribution in [0.15, 0.2) is 59.1 Å². The number of benzene rings is 2. The SMILES string of the molecule is C[C@H]1CNC[C@H]1Cc1ccc(OCCc2noc(-c3ccccc3)n2)cc1. The van der Waals surface area contributed by atoms with Gasteiger partial charge in [0.15, 0.2) is 5.82 Å². The first-order valence-corrected chi connectivity index (χ1v) is 9.58. The second-order valence-corrected chi connectivity index (χ2v) is 7.22. The fraction of sp³-hybridized carbons (Fsp3) is 0.364. The molecule has 0 radical (unpaired) electrons. The summed E-state index contributed by atoms with van der Waals surface area (Å²) in [5.41, 5.74) is 2.30. The Bertz CT molecular complexity index is 846. The standard InChI is InChI=1S/C22H25N3O2/c1-16-14-23-15-19(16)13-17-7-9-20(10-8-17)26-12-11-21-24-22(27-25-21)18-5-3-2-4-6-18/h2-10,16,19,23H,11-15H2,1H3/t16-,19+/m0/s1. The Labute approximate surface area is 159 Å². The maximum atomic E-state index is 5.84. The smallest absolute Gasteiger partial charge is 0.257 e. The molecule has 2 atom stereocenters. The molecular formula is C22H25N3O2. The van der Waals surface area contributed by atoms with Crippen LogP contribution in [0.3, 0.4) is 0 Å². The van der Waals surface area contributed by atoms with Crippen LogP contribution in [-0.2, 0) is 12.8 Å². The molecule has 0 amide bonds. The Morgan fingerprint density at radius 3 is 2.63 bits per heavy atom. The zero-order valence-electron chi connectivity index (χ0n) is 15.6. The Kier molecular flexibility index (Phi) is 5.49. The third-order valence-electron chi connectivity index (χ3n) is 5.18. The molecule has 1 aromatic heterocycles. The van der Waals surface area contributed by atoms with Crippen molar-refractivity contribution < 1.29 is 9.26 Å². The van der Waals surface area contributed by atoms with E-state index in [1.165, 1.54) is 5.56 Å². The molecule has 0 aliphatic carbocycles. The lowest BCUT2D eigenvalue weighted by Crippen LogP contribution is -2.12. The molecule has 27 heavy (non-hydrogen) atoms. The van der Waals surface area contributed by atoms with Gasteiger partial charge in [-0.3, -0.25) is 0 Å². The molecule has 0 saturated carbocycles. The Morgan fingerprint density at radius 2 is 1.89 bits per heavy atom. The minimum Gasteiger partial charge on any atom is -0.493 e. The van der Waals surface area contributed by atoms with E-state index in [2.05, 4.69) is 34.5 Å². The van der Waals surface area contributed by atoms with Crippen molar-refractivity contribution in [2.24, 2.45) is 11.8 Å². The molecule has 0 bridgehead atoms. The number of hydrogen-bond acceptors (Lipinski definition) is 5. The summed E-state index contributed by atoms with van der Waals surface area (Å²) in [4.78, 5) is 4.43. The summed E-state index contributed by atoms with van der Waals surface area (Å²) in [6.07, 6.45) is 1.74. The van der Waals surface area contributed by atoms with E-state index in [1.807, 2.05) is 42.5 Å². The van der Waals surface area contributed by atoms with Crippen molar-refractivity contribution >= 4 is 0 Å². The second-order valence-electron chi connectivity index (χ2n) is 7.22. The van der Waals surface area contributed by atoms with Crippen molar-refractivity contribution in [3.05, 3.63) is 66.0 Å². The van der Waals surface area contributed by atoms with E-state index >= 15 is 0 Å². The second kappa shape index (κ2) is 8.35. The zero-order valence-corrected chi connectivity index (χ0v) is 15.6. The minimum atomic E-state index is 0.524. The van der Waals surface area contributed by atoms with Gasteiger partial charge in [0.25, 0.3) is 5.89 Å². The van der Waals surface area contributed by atoms with Gasteiger partial charge in [-0.05, 0) is 61.2 Å². The average Bonchev–Trinajstić information content (AvgIpc) is 3.33. The van der Waals surface area contributed by atoms with Gasteiger partial charge in [-0.25, -0.2) is 0 Å². The van der Waals surface area contributed by atoms with E-state index in [4.69, 9.17) is 9.26 Å². The predicted octanol–water partition coefficient (Wildman–Crippen LogP) is 3.76. The van der Waals surface area contributed by atoms with Crippen LogP contribution in [0.4, 0.5) is 0 Å². The van der Waals surface area contributed by atoms with Crippen LogP contribution in [0.25, 0.3) is 11.5 Å². The summed E-state index contributed by atoms with van der Waals surface area (Å²) in [5, 5.41) is 7.50. The first-order chi connectivity index (χ1) is 13.3. The van der Waals surface area contributed by atoms with Gasteiger partial charge in [0.05, 0.1) is 6.61 Å². The summed E-state index contributed by atoms with van der Waals surface area (Å²) in [6.45, 7) is 5.10. The van der Waals surface area contributed by atoms with Crippen LogP contribution in [0, 0.1) is 11.8 Å². The van der Waals surface area contributed by atoms with E-state index in [1.54, 1.807) is 0 Å². The average molecular weight is 363 g/mol. The van der Waals surface area contributed by atoms with Gasteiger partial charge < -0.3 is 14.6 Å². The van der Waals surface area contributed by atoms with E-state index < -0.39 is 0 Å². The van der Waals surface area contributed by atoms with Crippen LogP contribution in [0.1, 0.15) is 18.3 Å². The Balaban J connectivity index is 1.26. The fourth-order valence-corrected chi connectivity index (χ4v) is 3.48. The molecule has 3 aromatic rings. The fourth-order valence-electron chi connectivity index (χ4n) is 3.48. The molecule has 140 valence electrons. The zero-order chi connectivity index (χ0) is 18.5. The first kappa shape index (κ1) is 17.7. The molecule has 4 rings (SSSR count). The molecule has 5 heteroatoms. The van der Waals surface area contributed by atoms with E-state index in [0.29, 0.717) is 24.7 Å². The third-order valence-corrected chi connectivity index (χ3v) is 5.18. The van der Waals surface area contributed by atoms with E-state index in [0.717, 1.165) is 42.7 Å². The molecule has 1 N–H and O–H groups in total. The third kappa shape index (κ3) is 4.55. The van der Waals surface area contributed by atoms with Crippen molar-refractivity contribution in [3.63, 3.8) is 0 Å². The van der Waals surface area contributed by atoms with E-state index in [-0.39, 0.29) is 0 Å². The molecule has 1 fully saturated rings. The van der Waals surface area contributed by atoms with Crippen LogP contribution < -0.4 is 10.1 Å². The molecule has 1 saturated heterocycles. The van der Waals surface area contributed by atoms with Gasteiger partial charge in [0, 0.05) is 12.0 Å². The predicted molar refractivity (Wildman–Crippen MR) is 105 cm³/mol. The number of hydrogen-bond donors (Lipinski definition) is 1. The van der Waals surface area contributed by atoms with Crippen molar-refractivity contribution in [1.82, 2.24) is 15.5 Å². The molecule has 2 aromatic carbocycles. The van der Waals surface area contributed by atoms with Crippen LogP contribution in [0.5, 0.6) is 5.75 Å². The molecule has 1 aliphatic heterocycles. The summed E-state index contributed by atoms with van der Waals surface area (Å²) in [5.74, 6) is 3.56. The number of rotatable bonds is 7. The summed E-state index contributed by atoms with van der Waals surface area (Å²) in [6, 6.07) is 18.2. The van der Waals surface area contributed by atoms with Gasteiger partial charge in [0.2, 0.25) is 0 Å². The lowest BCUT2D eigenvalue weighted by molar-refractivity contribution is 0.315. The van der Waals surface area contributed by atoms with Gasteiger partial charge in [-0.2, -0.15) is 4.98 Å². The summed E-state index contributed by atoms with van der Waals surface area (Å²) >= 11 is 0. The van der Waals surface area contributed by atoms with Gasteiger partial charge in [-0.15, -0.1) is 0 Å². The van der Waals surface area contributed by atoms with Crippen LogP contribution in [0.2, 0.25) is 0 Å². The lowest BCUT2D eigenvalue weighted by Gasteiger charge is -2.14. The van der Waals surface area contributed by atoms with E-state index in [9.17, 15) is 0 Å². The number of aromatic nitrogens is 2. The number of ether oxygens (including phenoxy) is 1. The minimum absolute atomic E-state index is 0.524. The van der Waals surface area contributed by atoms with Gasteiger partial charge in [-0.1, -0.05) is 42.4 Å². The topological polar surface area (TPSA) is 60.2 Å². The lowest BCUT2D eigenvalue weighted by atomic mass is 9.91. The summed E-state index contributed by atoms with van der Waals surface area (Å²) < 4.78 is 11.2. The maximum absolute atomic E-state index is 5.84. The van der Waals surface area contributed by atoms with Crippen molar-refractivity contribution in [1.29, 1.82) is 0 Å². The quantitative estimate of drug-likeness (QED) is 0.693. The summed E-state index contributed by atoms with van der Waals surface area (Å²) in [7, 11) is 0. The molecular weight excluding hydrogens is 338 g/mol. The molecule has 2 heterocycles. The van der Waals surface area contributed by atoms with Gasteiger partial charge >= 0.3 is 0 Å². The van der Waals surface area contributed by atoms with Crippen molar-refractivity contribution in [3.8, 4) is 17.2 Å². The number of nitrogens with zero attached hydrogens (tertiary/aromatic N) is 2. The highest BCUT2D eigenvalue weighted by Crippen LogP contribution is 2.22. The molecule has 0 unspecified atom stereocenters. The number of nitrogens with one attached hydrogen (secondary N) is 1. The largest absolute Gasteiger partial charge is 0.493 e. The molecule has 0 spiro atoms. The monoisotopic (exact) mass is 363 g/mol. The maximum Gasteiger partial charge on any atom is 0.257 e. The van der Waals surface area contributed by atoms with Crippen LogP contribution >= 0.6 is 0 Å². The van der Waals surface area contributed by atoms with Gasteiger partial charge in [0.1, 0.15) is 5.75 Å². The molecule has 5 nitrogen and oxygen atoms in total. The first-order valence-electron chi connectivity index (χ1n) is 9.58. The highest BCUT2D eigenvalue weighted by molar-refractivity contribution is 5.51. The van der Waals surface area contributed by atoms with Crippen LogP contribution in [-0.4, -0.2) is 29.8 Å². The van der Waals surface area contributed by atoms with Crippen molar-refractivity contribution in [2.45, 2.75) is 19.8 Å². The Morgan fingerprint density at radius 1 is 1.07 bits per heavy atom. The highest BCUT2D eigenvalue weighted by atomic mass is 16.5. The van der Waals surface area contributed by atoms with Crippen molar-refractivity contribution in [2.75, 3.05) is 19.7 Å². The Hall–Kier alpha value is -2.66.